The van der Waals surface area contributed by atoms with Crippen LogP contribution in [0.3, 0.4) is 0 Å². The van der Waals surface area contributed by atoms with Gasteiger partial charge >= 0.3 is 11.9 Å². The van der Waals surface area contributed by atoms with E-state index in [1.807, 2.05) is 51.0 Å². The lowest BCUT2D eigenvalue weighted by molar-refractivity contribution is -0.295. The fraction of sp³-hybridized carbons (Fsp3) is 0.667. The molecule has 12 nitrogen and oxygen atoms in total. The first-order chi connectivity index (χ1) is 26.9. The van der Waals surface area contributed by atoms with E-state index in [4.69, 9.17) is 28.4 Å². The molecule has 3 aliphatic heterocycles. The van der Waals surface area contributed by atoms with E-state index in [1.165, 1.54) is 5.56 Å². The molecule has 12 heteroatoms. The molecule has 1 spiro atoms. The highest BCUT2D eigenvalue weighted by atomic mass is 16.7. The molecule has 0 N–H and O–H groups in total. The number of rotatable bonds is 9. The van der Waals surface area contributed by atoms with Gasteiger partial charge in [-0.1, -0.05) is 44.2 Å². The predicted molar refractivity (Wildman–Crippen MR) is 218 cm³/mol. The van der Waals surface area contributed by atoms with Gasteiger partial charge in [0.2, 0.25) is 0 Å². The lowest BCUT2D eigenvalue weighted by Crippen LogP contribution is -2.60. The van der Waals surface area contributed by atoms with Crippen LogP contribution in [0.15, 0.2) is 54.6 Å². The molecule has 3 saturated heterocycles. The van der Waals surface area contributed by atoms with Gasteiger partial charge in [-0.05, 0) is 110 Å². The van der Waals surface area contributed by atoms with Crippen LogP contribution in [0.2, 0.25) is 0 Å². The van der Waals surface area contributed by atoms with Crippen molar-refractivity contribution >= 4 is 17.7 Å². The Morgan fingerprint density at radius 2 is 1.65 bits per heavy atom. The lowest BCUT2D eigenvalue weighted by atomic mass is 9.74. The third kappa shape index (κ3) is 10.3. The molecule has 5 rings (SSSR count). The maximum absolute atomic E-state index is 14.7. The zero-order valence-corrected chi connectivity index (χ0v) is 36.1. The Kier molecular flexibility index (Phi) is 14.7. The first kappa shape index (κ1) is 44.7. The molecule has 0 unspecified atom stereocenters. The van der Waals surface area contributed by atoms with Crippen molar-refractivity contribution in [3.8, 4) is 5.75 Å². The van der Waals surface area contributed by atoms with E-state index < -0.39 is 52.9 Å². The molecule has 0 amide bonds. The highest BCUT2D eigenvalue weighted by molar-refractivity contribution is 6.04. The first-order valence-corrected chi connectivity index (χ1v) is 20.5. The van der Waals surface area contributed by atoms with Crippen LogP contribution in [-0.2, 0) is 39.8 Å². The lowest BCUT2D eigenvalue weighted by Gasteiger charge is -2.49. The third-order valence-corrected chi connectivity index (χ3v) is 12.8. The summed E-state index contributed by atoms with van der Waals surface area (Å²) < 4.78 is 37.8. The minimum absolute atomic E-state index is 0.0805. The number of esters is 2. The van der Waals surface area contributed by atoms with Crippen LogP contribution in [-0.4, -0.2) is 136 Å². The van der Waals surface area contributed by atoms with Crippen LogP contribution >= 0.6 is 0 Å². The standard InChI is InChI=1S/C45H67N3O9/c1-30-26-44(6,53-11)39(57-41-37(36(46(7)8)24-31(2)55-41)56-40(50)34-17-13-12-14-18-34)32(3)38(49)43(4,5)42(51)54-29-45(47(9)27-30)20-22-48(23-21-45)28-33-16-15-19-35(25-33)52-10/h12-19,25,30-32,36-37,39,41H,20-24,26-29H2,1-11H3/t30-,31-,32+,36+,37-,39-,41+,44-/m1/s1. The van der Waals surface area contributed by atoms with Gasteiger partial charge < -0.3 is 33.3 Å². The van der Waals surface area contributed by atoms with E-state index in [2.05, 4.69) is 35.9 Å². The van der Waals surface area contributed by atoms with Crippen LogP contribution in [0.1, 0.15) is 83.1 Å². The second kappa shape index (κ2) is 18.7. The summed E-state index contributed by atoms with van der Waals surface area (Å²) >= 11 is 0. The average molecular weight is 794 g/mol. The maximum atomic E-state index is 14.7. The minimum Gasteiger partial charge on any atom is -0.497 e. The van der Waals surface area contributed by atoms with Crippen molar-refractivity contribution in [2.45, 2.75) is 116 Å². The molecule has 2 aromatic rings. The Morgan fingerprint density at radius 1 is 0.965 bits per heavy atom. The van der Waals surface area contributed by atoms with Crippen molar-refractivity contribution in [2.24, 2.45) is 17.3 Å². The minimum atomic E-state index is -1.49. The molecule has 3 heterocycles. The molecule has 0 bridgehead atoms. The van der Waals surface area contributed by atoms with Crippen LogP contribution < -0.4 is 4.74 Å². The smallest absolute Gasteiger partial charge is 0.338 e. The third-order valence-electron chi connectivity index (χ3n) is 12.8. The number of benzene rings is 2. The number of carbonyl (C=O) groups is 3. The number of hydrogen-bond acceptors (Lipinski definition) is 12. The second-order valence-electron chi connectivity index (χ2n) is 17.8. The van der Waals surface area contributed by atoms with Crippen LogP contribution in [0.25, 0.3) is 0 Å². The summed E-state index contributed by atoms with van der Waals surface area (Å²) in [5, 5.41) is 0. The van der Waals surface area contributed by atoms with Crippen molar-refractivity contribution < 1.29 is 42.8 Å². The number of ketones is 1. The maximum Gasteiger partial charge on any atom is 0.338 e. The zero-order chi connectivity index (χ0) is 41.7. The van der Waals surface area contributed by atoms with Gasteiger partial charge in [0.15, 0.2) is 18.2 Å². The molecule has 0 aromatic heterocycles. The largest absolute Gasteiger partial charge is 0.497 e. The number of Topliss-reactive ketones (excluding diaryl/α,β-unsaturated/α-hetero) is 1. The van der Waals surface area contributed by atoms with E-state index in [0.717, 1.165) is 38.2 Å². The SMILES string of the molecule is COc1cccc(CN2CCC3(CC2)COC(=O)C(C)(C)C(=O)[C@H](C)[C@@H](O[C@@H]2O[C@H](C)C[C@H](N(C)C)[C@H]2OC(=O)c2ccccc2)[C@](C)(OC)C[C@@H](C)CN3C)c1. The van der Waals surface area contributed by atoms with Gasteiger partial charge in [-0.2, -0.15) is 0 Å². The Labute approximate surface area is 340 Å². The summed E-state index contributed by atoms with van der Waals surface area (Å²) in [5.74, 6) is -1.30. The van der Waals surface area contributed by atoms with Crippen molar-refractivity contribution in [1.29, 1.82) is 0 Å². The van der Waals surface area contributed by atoms with Gasteiger partial charge in [-0.3, -0.25) is 19.4 Å². The molecule has 316 valence electrons. The average Bonchev–Trinajstić information content (AvgIpc) is 3.19. The van der Waals surface area contributed by atoms with Gasteiger partial charge in [0.25, 0.3) is 0 Å². The molecule has 8 atom stereocenters. The summed E-state index contributed by atoms with van der Waals surface area (Å²) in [6.07, 6.45) is -0.259. The number of likely N-dealkylation sites (tertiary alicyclic amines) is 1. The molecule has 3 aliphatic rings. The quantitative estimate of drug-likeness (QED) is 0.224. The van der Waals surface area contributed by atoms with Crippen LogP contribution in [0.4, 0.5) is 0 Å². The molecule has 57 heavy (non-hydrogen) atoms. The van der Waals surface area contributed by atoms with E-state index in [9.17, 15) is 14.4 Å². The van der Waals surface area contributed by atoms with Gasteiger partial charge in [0.1, 0.15) is 17.8 Å². The number of likely N-dealkylation sites (N-methyl/N-ethyl adjacent to an activating group) is 2. The Balaban J connectivity index is 1.44. The van der Waals surface area contributed by atoms with E-state index in [-0.39, 0.29) is 30.5 Å². The molecule has 3 fully saturated rings. The molecule has 0 saturated carbocycles. The summed E-state index contributed by atoms with van der Waals surface area (Å²) in [5.41, 5.74) is -1.32. The predicted octanol–water partition coefficient (Wildman–Crippen LogP) is 5.86. The number of methoxy groups -OCH3 is 2. The Hall–Kier alpha value is -3.39. The number of hydrogen-bond donors (Lipinski definition) is 0. The van der Waals surface area contributed by atoms with Gasteiger partial charge in [0, 0.05) is 39.2 Å². The van der Waals surface area contributed by atoms with Crippen molar-refractivity contribution in [3.63, 3.8) is 0 Å². The van der Waals surface area contributed by atoms with E-state index in [0.29, 0.717) is 24.9 Å². The Bertz CT molecular complexity index is 1660. The van der Waals surface area contributed by atoms with E-state index >= 15 is 0 Å². The second-order valence-corrected chi connectivity index (χ2v) is 17.8. The van der Waals surface area contributed by atoms with Gasteiger partial charge in [0.05, 0.1) is 42.1 Å². The van der Waals surface area contributed by atoms with Crippen LogP contribution in [0, 0.1) is 17.3 Å². The fourth-order valence-corrected chi connectivity index (χ4v) is 9.18. The van der Waals surface area contributed by atoms with E-state index in [1.54, 1.807) is 59.3 Å². The molecular formula is C45H67N3O9. The summed E-state index contributed by atoms with van der Waals surface area (Å²) in [6.45, 7) is 14.5. The summed E-state index contributed by atoms with van der Waals surface area (Å²) in [4.78, 5) is 49.1. The normalized spacial score (nSPS) is 31.8. The fourth-order valence-electron chi connectivity index (χ4n) is 9.18. The van der Waals surface area contributed by atoms with Crippen molar-refractivity contribution in [1.82, 2.24) is 14.7 Å². The molecular weight excluding hydrogens is 727 g/mol. The van der Waals surface area contributed by atoms with Crippen molar-refractivity contribution in [2.75, 3.05) is 61.6 Å². The highest BCUT2D eigenvalue weighted by Crippen LogP contribution is 2.40. The number of piperidine rings is 1. The molecule has 2 aromatic carbocycles. The van der Waals surface area contributed by atoms with Gasteiger partial charge in [-0.15, -0.1) is 0 Å². The number of nitrogens with zero attached hydrogens (tertiary/aromatic N) is 3. The monoisotopic (exact) mass is 793 g/mol. The highest BCUT2D eigenvalue weighted by Gasteiger charge is 2.53. The van der Waals surface area contributed by atoms with Gasteiger partial charge in [-0.25, -0.2) is 4.79 Å². The summed E-state index contributed by atoms with van der Waals surface area (Å²) in [6, 6.07) is 16.8. The zero-order valence-electron chi connectivity index (χ0n) is 36.1. The topological polar surface area (TPSA) is 116 Å². The molecule has 0 aliphatic carbocycles. The number of carbonyl (C=O) groups excluding carboxylic acids is 3. The Morgan fingerprint density at radius 3 is 2.28 bits per heavy atom. The first-order valence-electron chi connectivity index (χ1n) is 20.5. The summed E-state index contributed by atoms with van der Waals surface area (Å²) in [7, 11) is 9.32. The number of cyclic esters (lactones) is 1. The molecule has 0 radical (unpaired) electrons. The van der Waals surface area contributed by atoms with Crippen molar-refractivity contribution in [3.05, 3.63) is 65.7 Å². The van der Waals surface area contributed by atoms with Crippen LogP contribution in [0.5, 0.6) is 5.75 Å². The number of ether oxygens (including phenoxy) is 6.